The van der Waals surface area contributed by atoms with E-state index in [-0.39, 0.29) is 68.3 Å². The van der Waals surface area contributed by atoms with Gasteiger partial charge in [-0.05, 0) is 27.7 Å². The number of carboxylic acids is 4. The zero-order valence-corrected chi connectivity index (χ0v) is 24.2. The Balaban J connectivity index is -0.000000222. The standard InChI is InChI=1S/2C10H11F7O4.Ca.2H/c2*1-7(2,6(20)21)9(14,15)10(16,17)8(12,13)4(11)3-5(18)19;;;/h2*4H,3H2,1-2H3,(H,18,19)(H,20,21);;;/q;;+2;2*-1. The van der Waals surface area contributed by atoms with Crippen molar-refractivity contribution in [2.45, 2.75) is 88.4 Å². The molecule has 0 radical (unpaired) electrons. The molecule has 0 aromatic rings. The number of rotatable bonds is 14. The minimum absolute atomic E-state index is 0. The van der Waals surface area contributed by atoms with E-state index in [1.807, 2.05) is 0 Å². The number of carboxylic acid groups (broad SMARTS) is 4. The molecule has 0 aromatic carbocycles. The molecule has 23 heteroatoms. The van der Waals surface area contributed by atoms with Crippen LogP contribution in [0.2, 0.25) is 0 Å². The van der Waals surface area contributed by atoms with Crippen molar-refractivity contribution < 1.29 is 104 Å². The molecule has 2 atom stereocenters. The van der Waals surface area contributed by atoms with E-state index in [2.05, 4.69) is 0 Å². The second-order valence-corrected chi connectivity index (χ2v) is 9.53. The molecule has 0 heterocycles. The van der Waals surface area contributed by atoms with Gasteiger partial charge < -0.3 is 23.3 Å². The number of hydrogen-bond donors (Lipinski definition) is 4. The maximum Gasteiger partial charge on any atom is 2.00 e. The summed E-state index contributed by atoms with van der Waals surface area (Å²) in [4.78, 5) is 41.2. The number of alkyl halides is 14. The van der Waals surface area contributed by atoms with Gasteiger partial charge in [0.15, 0.2) is 12.3 Å². The van der Waals surface area contributed by atoms with Gasteiger partial charge in [-0.25, -0.2) is 8.78 Å². The van der Waals surface area contributed by atoms with Crippen LogP contribution in [0, 0.1) is 10.8 Å². The first-order valence-electron chi connectivity index (χ1n) is 10.5. The van der Waals surface area contributed by atoms with E-state index in [9.17, 15) is 80.6 Å². The van der Waals surface area contributed by atoms with Crippen LogP contribution in [-0.2, 0) is 19.2 Å². The Labute approximate surface area is 264 Å². The first-order valence-corrected chi connectivity index (χ1v) is 10.5. The fourth-order valence-electron chi connectivity index (χ4n) is 2.43. The minimum atomic E-state index is -6.42. The average Bonchev–Trinajstić information content (AvgIpc) is 2.77. The molecule has 0 aromatic heterocycles. The molecule has 0 aliphatic rings. The molecule has 0 bridgehead atoms. The molecule has 0 saturated heterocycles. The van der Waals surface area contributed by atoms with Crippen LogP contribution in [-0.4, -0.2) is 130 Å². The zero-order valence-electron chi connectivity index (χ0n) is 24.0. The largest absolute Gasteiger partial charge is 2.00 e. The van der Waals surface area contributed by atoms with Crippen LogP contribution in [0.1, 0.15) is 43.4 Å². The number of hydrogen-bond acceptors (Lipinski definition) is 4. The summed E-state index contributed by atoms with van der Waals surface area (Å²) in [7, 11) is 0. The fourth-order valence-corrected chi connectivity index (χ4v) is 2.43. The summed E-state index contributed by atoms with van der Waals surface area (Å²) in [5.74, 6) is -46.2. The zero-order chi connectivity index (χ0) is 34.9. The molecule has 0 rings (SSSR count). The first-order chi connectivity index (χ1) is 18.1. The Hall–Kier alpha value is -1.84. The van der Waals surface area contributed by atoms with Gasteiger partial charge in [0, 0.05) is 0 Å². The summed E-state index contributed by atoms with van der Waals surface area (Å²) < 4.78 is 186. The molecule has 0 aliphatic carbocycles. The van der Waals surface area contributed by atoms with Crippen molar-refractivity contribution in [3.8, 4) is 0 Å². The van der Waals surface area contributed by atoms with Crippen LogP contribution >= 0.6 is 0 Å². The van der Waals surface area contributed by atoms with Crippen molar-refractivity contribution in [3.05, 3.63) is 0 Å². The van der Waals surface area contributed by atoms with Gasteiger partial charge in [-0.1, -0.05) is 0 Å². The SMILES string of the molecule is CC(C)(C(=O)O)C(F)(F)C(F)(F)C(F)(F)C(F)CC(=O)O.CC(C)(C(=O)O)C(F)(F)C(F)(F)C(F)(F)C(F)CC(=O)O.[Ca+2].[H-].[H-]. The Bertz CT molecular complexity index is 965. The van der Waals surface area contributed by atoms with E-state index >= 15 is 0 Å². The normalized spacial score (nSPS) is 15.3. The Morgan fingerprint density at radius 1 is 0.512 bits per heavy atom. The number of carbonyl (C=O) groups is 4. The van der Waals surface area contributed by atoms with Gasteiger partial charge in [-0.2, -0.15) is 52.7 Å². The molecule has 0 amide bonds. The molecule has 252 valence electrons. The van der Waals surface area contributed by atoms with E-state index in [1.165, 1.54) is 0 Å². The van der Waals surface area contributed by atoms with Crippen LogP contribution in [0.5, 0.6) is 0 Å². The van der Waals surface area contributed by atoms with Crippen LogP contribution in [0.4, 0.5) is 61.5 Å². The van der Waals surface area contributed by atoms with Crippen molar-refractivity contribution in [2.24, 2.45) is 10.8 Å². The second-order valence-electron chi connectivity index (χ2n) is 9.53. The maximum atomic E-state index is 13.5. The van der Waals surface area contributed by atoms with E-state index in [4.69, 9.17) is 20.4 Å². The monoisotopic (exact) mass is 698 g/mol. The predicted molar refractivity (Wildman–Crippen MR) is 115 cm³/mol. The van der Waals surface area contributed by atoms with Crippen molar-refractivity contribution in [1.82, 2.24) is 0 Å². The first kappa shape index (κ1) is 45.6. The van der Waals surface area contributed by atoms with E-state index in [0.717, 1.165) is 0 Å². The Kier molecular flexibility index (Phi) is 14.9. The molecule has 2 unspecified atom stereocenters. The smallest absolute Gasteiger partial charge is 1.00 e. The molecule has 4 N–H and O–H groups in total. The van der Waals surface area contributed by atoms with Crippen molar-refractivity contribution >= 4 is 61.6 Å². The van der Waals surface area contributed by atoms with Crippen molar-refractivity contribution in [1.29, 1.82) is 0 Å². The van der Waals surface area contributed by atoms with Gasteiger partial charge in [0.05, 0.1) is 12.8 Å². The fraction of sp³-hybridized carbons (Fsp3) is 0.800. The summed E-state index contributed by atoms with van der Waals surface area (Å²) in [5.41, 5.74) is -7.30. The van der Waals surface area contributed by atoms with Crippen molar-refractivity contribution in [3.63, 3.8) is 0 Å². The van der Waals surface area contributed by atoms with Gasteiger partial charge in [-0.15, -0.1) is 0 Å². The average molecular weight is 698 g/mol. The molecular formula is C20H24CaF14O8. The van der Waals surface area contributed by atoms with Crippen LogP contribution < -0.4 is 0 Å². The van der Waals surface area contributed by atoms with E-state index in [0.29, 0.717) is 0 Å². The third-order valence-corrected chi connectivity index (χ3v) is 5.76. The van der Waals surface area contributed by atoms with Gasteiger partial charge >= 0.3 is 97.2 Å². The molecule has 43 heavy (non-hydrogen) atoms. The van der Waals surface area contributed by atoms with Crippen LogP contribution in [0.15, 0.2) is 0 Å². The Morgan fingerprint density at radius 3 is 0.837 bits per heavy atom. The van der Waals surface area contributed by atoms with E-state index in [1.54, 1.807) is 0 Å². The van der Waals surface area contributed by atoms with Gasteiger partial charge in [0.2, 0.25) is 0 Å². The Morgan fingerprint density at radius 2 is 0.698 bits per heavy atom. The summed E-state index contributed by atoms with van der Waals surface area (Å²) in [5, 5.41) is 33.0. The number of aliphatic carboxylic acids is 4. The summed E-state index contributed by atoms with van der Waals surface area (Å²) in [6, 6.07) is 0. The second kappa shape index (κ2) is 14.1. The van der Waals surface area contributed by atoms with E-state index < -0.39 is 95.4 Å². The topological polar surface area (TPSA) is 149 Å². The third kappa shape index (κ3) is 8.26. The molecule has 0 saturated carbocycles. The molecule has 0 fully saturated rings. The molecule has 0 aliphatic heterocycles. The third-order valence-electron chi connectivity index (χ3n) is 5.76. The van der Waals surface area contributed by atoms with Gasteiger partial charge in [-0.3, -0.25) is 19.2 Å². The van der Waals surface area contributed by atoms with Crippen molar-refractivity contribution in [2.75, 3.05) is 0 Å². The summed E-state index contributed by atoms with van der Waals surface area (Å²) in [6.45, 7) is 0.237. The summed E-state index contributed by atoms with van der Waals surface area (Å²) in [6.07, 6.45) is -12.5. The summed E-state index contributed by atoms with van der Waals surface area (Å²) >= 11 is 0. The van der Waals surface area contributed by atoms with Crippen LogP contribution in [0.3, 0.4) is 0 Å². The van der Waals surface area contributed by atoms with Gasteiger partial charge in [0.1, 0.15) is 10.8 Å². The van der Waals surface area contributed by atoms with Gasteiger partial charge in [0.25, 0.3) is 0 Å². The quantitative estimate of drug-likeness (QED) is 0.138. The minimum Gasteiger partial charge on any atom is -1.00 e. The predicted octanol–water partition coefficient (Wildman–Crippen LogP) is 5.48. The molecule has 8 nitrogen and oxygen atoms in total. The van der Waals surface area contributed by atoms with Crippen LogP contribution in [0.25, 0.3) is 0 Å². The molecule has 0 spiro atoms. The molecular weight excluding hydrogens is 674 g/mol. The maximum absolute atomic E-state index is 13.5. The number of halogens is 14.